The number of ether oxygens (including phenoxy) is 1. The Kier molecular flexibility index (Phi) is 5.46. The van der Waals surface area contributed by atoms with E-state index in [9.17, 15) is 14.4 Å². The van der Waals surface area contributed by atoms with Gasteiger partial charge in [-0.1, -0.05) is 13.8 Å². The number of carbonyl (C=O) groups is 2. The molecule has 0 aliphatic carbocycles. The zero-order valence-electron chi connectivity index (χ0n) is 14.6. The number of nitrogens with one attached hydrogen (secondary N) is 1. The van der Waals surface area contributed by atoms with E-state index in [2.05, 4.69) is 5.32 Å². The van der Waals surface area contributed by atoms with Gasteiger partial charge in [-0.25, -0.2) is 9.59 Å². The second-order valence-electron chi connectivity index (χ2n) is 6.21. The third kappa shape index (κ3) is 4.17. The van der Waals surface area contributed by atoms with Crippen molar-refractivity contribution in [2.24, 2.45) is 5.92 Å². The van der Waals surface area contributed by atoms with Gasteiger partial charge in [-0.05, 0) is 37.5 Å². The highest BCUT2D eigenvalue weighted by atomic mass is 16.5. The van der Waals surface area contributed by atoms with Crippen molar-refractivity contribution in [2.75, 3.05) is 6.61 Å². The number of amides is 1. The van der Waals surface area contributed by atoms with Crippen molar-refractivity contribution in [2.45, 2.75) is 33.7 Å². The van der Waals surface area contributed by atoms with E-state index in [-0.39, 0.29) is 12.5 Å². The fourth-order valence-corrected chi connectivity index (χ4v) is 2.40. The fourth-order valence-electron chi connectivity index (χ4n) is 2.40. The standard InChI is InChI=1S/C18H21NO6/c1-9(2)16(17(21)22)19-15(20)8-24-12-5-6-13-10(3)11(4)18(23)25-14(13)7-12/h5-7,9,16H,8H2,1-4H3,(H,19,20)(H,21,22). The second kappa shape index (κ2) is 7.38. The molecule has 1 aromatic heterocycles. The molecule has 1 aromatic carbocycles. The van der Waals surface area contributed by atoms with Gasteiger partial charge in [0, 0.05) is 17.0 Å². The van der Waals surface area contributed by atoms with Gasteiger partial charge in [0.15, 0.2) is 6.61 Å². The first-order chi connectivity index (χ1) is 11.7. The van der Waals surface area contributed by atoms with Crippen LogP contribution in [0, 0.1) is 19.8 Å². The Morgan fingerprint density at radius 1 is 1.24 bits per heavy atom. The van der Waals surface area contributed by atoms with E-state index in [1.54, 1.807) is 32.9 Å². The molecule has 2 aromatic rings. The number of hydrogen-bond donors (Lipinski definition) is 2. The topological polar surface area (TPSA) is 106 Å². The molecule has 2 rings (SSSR count). The monoisotopic (exact) mass is 347 g/mol. The Balaban J connectivity index is 2.11. The summed E-state index contributed by atoms with van der Waals surface area (Å²) in [7, 11) is 0. The van der Waals surface area contributed by atoms with E-state index in [1.165, 1.54) is 6.07 Å². The molecule has 25 heavy (non-hydrogen) atoms. The van der Waals surface area contributed by atoms with Crippen LogP contribution in [0.5, 0.6) is 5.75 Å². The van der Waals surface area contributed by atoms with Crippen LogP contribution >= 0.6 is 0 Å². The van der Waals surface area contributed by atoms with Crippen LogP contribution in [0.1, 0.15) is 25.0 Å². The summed E-state index contributed by atoms with van der Waals surface area (Å²) in [4.78, 5) is 34.7. The maximum absolute atomic E-state index is 11.9. The zero-order valence-corrected chi connectivity index (χ0v) is 14.6. The quantitative estimate of drug-likeness (QED) is 0.774. The number of carboxylic acid groups (broad SMARTS) is 1. The van der Waals surface area contributed by atoms with Gasteiger partial charge in [0.1, 0.15) is 17.4 Å². The van der Waals surface area contributed by atoms with Crippen LogP contribution in [0.3, 0.4) is 0 Å². The summed E-state index contributed by atoms with van der Waals surface area (Å²) in [5.41, 5.74) is 1.34. The molecule has 1 unspecified atom stereocenters. The van der Waals surface area contributed by atoms with Crippen LogP contribution in [0.25, 0.3) is 11.0 Å². The smallest absolute Gasteiger partial charge is 0.339 e. The van der Waals surface area contributed by atoms with Crippen LogP contribution in [0.2, 0.25) is 0 Å². The van der Waals surface area contributed by atoms with Crippen molar-refractivity contribution in [1.29, 1.82) is 0 Å². The largest absolute Gasteiger partial charge is 0.484 e. The summed E-state index contributed by atoms with van der Waals surface area (Å²) in [6.45, 7) is 6.60. The van der Waals surface area contributed by atoms with Gasteiger partial charge >= 0.3 is 11.6 Å². The number of benzene rings is 1. The maximum atomic E-state index is 11.9. The molecule has 134 valence electrons. The molecule has 0 radical (unpaired) electrons. The molecule has 7 nitrogen and oxygen atoms in total. The zero-order chi connectivity index (χ0) is 18.7. The first-order valence-corrected chi connectivity index (χ1v) is 7.89. The van der Waals surface area contributed by atoms with Gasteiger partial charge in [-0.3, -0.25) is 4.79 Å². The van der Waals surface area contributed by atoms with Crippen molar-refractivity contribution < 1.29 is 23.8 Å². The summed E-state index contributed by atoms with van der Waals surface area (Å²) in [5, 5.41) is 12.3. The first-order valence-electron chi connectivity index (χ1n) is 7.89. The lowest BCUT2D eigenvalue weighted by Crippen LogP contribution is -2.46. The molecule has 0 aliphatic heterocycles. The van der Waals surface area contributed by atoms with Crippen LogP contribution in [-0.2, 0) is 9.59 Å². The first kappa shape index (κ1) is 18.5. The van der Waals surface area contributed by atoms with Gasteiger partial charge < -0.3 is 19.6 Å². The van der Waals surface area contributed by atoms with Gasteiger partial charge in [-0.15, -0.1) is 0 Å². The third-order valence-corrected chi connectivity index (χ3v) is 4.05. The Morgan fingerprint density at radius 2 is 1.92 bits per heavy atom. The lowest BCUT2D eigenvalue weighted by molar-refractivity contribution is -0.143. The summed E-state index contributed by atoms with van der Waals surface area (Å²) in [6.07, 6.45) is 0. The van der Waals surface area contributed by atoms with E-state index in [1.807, 2.05) is 6.92 Å². The molecule has 0 fully saturated rings. The average Bonchev–Trinajstić information content (AvgIpc) is 2.55. The van der Waals surface area contributed by atoms with Crippen LogP contribution in [-0.4, -0.2) is 29.6 Å². The van der Waals surface area contributed by atoms with Crippen LogP contribution in [0.4, 0.5) is 0 Å². The number of hydrogen-bond acceptors (Lipinski definition) is 5. The van der Waals surface area contributed by atoms with Crippen molar-refractivity contribution >= 4 is 22.8 Å². The number of carboxylic acids is 1. The molecule has 1 atom stereocenters. The van der Waals surface area contributed by atoms with E-state index in [0.29, 0.717) is 16.9 Å². The molecule has 0 saturated heterocycles. The normalized spacial score (nSPS) is 12.2. The van der Waals surface area contributed by atoms with Crippen molar-refractivity contribution in [3.63, 3.8) is 0 Å². The Morgan fingerprint density at radius 3 is 2.52 bits per heavy atom. The van der Waals surface area contributed by atoms with E-state index >= 15 is 0 Å². The SMILES string of the molecule is Cc1c(C)c2ccc(OCC(=O)NC(C(=O)O)C(C)C)cc2oc1=O. The van der Waals surface area contributed by atoms with Crippen molar-refractivity contribution in [1.82, 2.24) is 5.32 Å². The van der Waals surface area contributed by atoms with Gasteiger partial charge in [0.05, 0.1) is 0 Å². The number of carbonyl (C=O) groups excluding carboxylic acids is 1. The number of fused-ring (bicyclic) bond motifs is 1. The molecule has 0 saturated carbocycles. The van der Waals surface area contributed by atoms with E-state index in [4.69, 9.17) is 14.3 Å². The molecule has 0 spiro atoms. The summed E-state index contributed by atoms with van der Waals surface area (Å²) < 4.78 is 10.6. The lowest BCUT2D eigenvalue weighted by Gasteiger charge is -2.18. The summed E-state index contributed by atoms with van der Waals surface area (Å²) in [6, 6.07) is 3.98. The summed E-state index contributed by atoms with van der Waals surface area (Å²) in [5.74, 6) is -1.53. The van der Waals surface area contributed by atoms with Gasteiger partial charge in [-0.2, -0.15) is 0 Å². The molecule has 0 bridgehead atoms. The molecular formula is C18H21NO6. The molecule has 1 heterocycles. The summed E-state index contributed by atoms with van der Waals surface area (Å²) >= 11 is 0. The lowest BCUT2D eigenvalue weighted by atomic mass is 10.1. The highest BCUT2D eigenvalue weighted by Crippen LogP contribution is 2.23. The Labute approximate surface area is 144 Å². The molecule has 0 aliphatic rings. The molecule has 2 N–H and O–H groups in total. The van der Waals surface area contributed by atoms with E-state index in [0.717, 1.165) is 10.9 Å². The van der Waals surface area contributed by atoms with Gasteiger partial charge in [0.25, 0.3) is 5.91 Å². The maximum Gasteiger partial charge on any atom is 0.339 e. The predicted molar refractivity (Wildman–Crippen MR) is 91.9 cm³/mol. The Hall–Kier alpha value is -2.83. The van der Waals surface area contributed by atoms with Crippen LogP contribution < -0.4 is 15.7 Å². The fraction of sp³-hybridized carbons (Fsp3) is 0.389. The van der Waals surface area contributed by atoms with Crippen molar-refractivity contribution in [3.8, 4) is 5.75 Å². The molecular weight excluding hydrogens is 326 g/mol. The number of rotatable bonds is 6. The highest BCUT2D eigenvalue weighted by molar-refractivity contribution is 5.85. The van der Waals surface area contributed by atoms with Crippen LogP contribution in [0.15, 0.2) is 27.4 Å². The minimum absolute atomic E-state index is 0.248. The minimum atomic E-state index is -1.10. The highest BCUT2D eigenvalue weighted by Gasteiger charge is 2.23. The molecule has 1 amide bonds. The Bertz CT molecular complexity index is 868. The minimum Gasteiger partial charge on any atom is -0.484 e. The predicted octanol–water partition coefficient (Wildman–Crippen LogP) is 2.01. The van der Waals surface area contributed by atoms with E-state index < -0.39 is 23.5 Å². The number of aryl methyl sites for hydroxylation is 1. The third-order valence-electron chi connectivity index (χ3n) is 4.05. The average molecular weight is 347 g/mol. The van der Waals surface area contributed by atoms with Crippen molar-refractivity contribution in [3.05, 3.63) is 39.7 Å². The molecule has 7 heteroatoms. The van der Waals surface area contributed by atoms with Gasteiger partial charge in [0.2, 0.25) is 0 Å². The number of aliphatic carboxylic acids is 1. The second-order valence-corrected chi connectivity index (χ2v) is 6.21.